The third-order valence-electron chi connectivity index (χ3n) is 4.15. The van der Waals surface area contributed by atoms with Gasteiger partial charge in [0, 0.05) is 5.69 Å². The Balaban J connectivity index is 1.54. The number of esters is 1. The van der Waals surface area contributed by atoms with Gasteiger partial charge in [-0.1, -0.05) is 54.1 Å². The Morgan fingerprint density at radius 2 is 1.80 bits per heavy atom. The second-order valence-corrected chi connectivity index (χ2v) is 6.81. The van der Waals surface area contributed by atoms with Gasteiger partial charge in [-0.05, 0) is 48.4 Å². The van der Waals surface area contributed by atoms with Crippen LogP contribution in [0.5, 0.6) is 5.75 Å². The number of ether oxygens (including phenoxy) is 1. The highest BCUT2D eigenvalue weighted by Gasteiger charge is 2.12. The van der Waals surface area contributed by atoms with Crippen LogP contribution in [0.3, 0.4) is 0 Å². The highest BCUT2D eigenvalue weighted by Crippen LogP contribution is 2.19. The first-order valence-electron chi connectivity index (χ1n) is 9.21. The molecule has 0 aliphatic carbocycles. The second kappa shape index (κ2) is 10.2. The van der Waals surface area contributed by atoms with Crippen molar-refractivity contribution in [2.45, 2.75) is 6.92 Å². The van der Waals surface area contributed by atoms with Crippen LogP contribution in [0.25, 0.3) is 0 Å². The molecule has 2 N–H and O–H groups in total. The van der Waals surface area contributed by atoms with E-state index in [-0.39, 0.29) is 18.0 Å². The van der Waals surface area contributed by atoms with Crippen LogP contribution < -0.4 is 15.5 Å². The number of anilines is 1. The molecule has 0 aliphatic rings. The molecule has 6 nitrogen and oxygen atoms in total. The lowest BCUT2D eigenvalue weighted by atomic mass is 10.2. The zero-order valence-electron chi connectivity index (χ0n) is 16.3. The Labute approximate surface area is 179 Å². The number of hydrogen-bond acceptors (Lipinski definition) is 5. The molecule has 3 aromatic carbocycles. The summed E-state index contributed by atoms with van der Waals surface area (Å²) in [7, 11) is 0. The van der Waals surface area contributed by atoms with E-state index in [0.29, 0.717) is 16.3 Å². The number of carbonyl (C=O) groups is 2. The van der Waals surface area contributed by atoms with Crippen molar-refractivity contribution in [3.8, 4) is 5.75 Å². The molecule has 30 heavy (non-hydrogen) atoms. The minimum absolute atomic E-state index is 0.0949. The molecule has 0 radical (unpaired) electrons. The van der Waals surface area contributed by atoms with E-state index in [1.165, 1.54) is 6.21 Å². The number of rotatable bonds is 7. The molecule has 152 valence electrons. The van der Waals surface area contributed by atoms with Gasteiger partial charge in [0.25, 0.3) is 5.91 Å². The Kier molecular flexibility index (Phi) is 7.19. The van der Waals surface area contributed by atoms with Crippen LogP contribution in [0.1, 0.15) is 21.5 Å². The summed E-state index contributed by atoms with van der Waals surface area (Å²) in [6.07, 6.45) is 1.47. The van der Waals surface area contributed by atoms with Crippen LogP contribution in [0.4, 0.5) is 5.69 Å². The van der Waals surface area contributed by atoms with E-state index < -0.39 is 5.97 Å². The van der Waals surface area contributed by atoms with Crippen molar-refractivity contribution in [2.24, 2.45) is 5.10 Å². The van der Waals surface area contributed by atoms with E-state index in [9.17, 15) is 9.59 Å². The van der Waals surface area contributed by atoms with Gasteiger partial charge in [-0.15, -0.1) is 0 Å². The molecule has 0 spiro atoms. The zero-order chi connectivity index (χ0) is 21.3. The smallest absolute Gasteiger partial charge is 0.345 e. The highest BCUT2D eigenvalue weighted by molar-refractivity contribution is 6.33. The van der Waals surface area contributed by atoms with Crippen LogP contribution in [-0.4, -0.2) is 24.6 Å². The van der Waals surface area contributed by atoms with Gasteiger partial charge in [-0.2, -0.15) is 5.10 Å². The maximum atomic E-state index is 12.3. The fourth-order valence-corrected chi connectivity index (χ4v) is 2.83. The minimum Gasteiger partial charge on any atom is -0.423 e. The summed E-state index contributed by atoms with van der Waals surface area (Å²) >= 11 is 6.02. The summed E-state index contributed by atoms with van der Waals surface area (Å²) in [6.45, 7) is 2.06. The van der Waals surface area contributed by atoms with Gasteiger partial charge in [0.05, 0.1) is 23.3 Å². The summed E-state index contributed by atoms with van der Waals surface area (Å²) < 4.78 is 5.37. The molecule has 0 bridgehead atoms. The zero-order valence-corrected chi connectivity index (χ0v) is 17.0. The van der Waals surface area contributed by atoms with Gasteiger partial charge >= 0.3 is 5.97 Å². The average Bonchev–Trinajstić information content (AvgIpc) is 2.74. The van der Waals surface area contributed by atoms with Crippen molar-refractivity contribution in [3.05, 3.63) is 94.5 Å². The summed E-state index contributed by atoms with van der Waals surface area (Å²) in [5.41, 5.74) is 5.35. The largest absolute Gasteiger partial charge is 0.423 e. The van der Waals surface area contributed by atoms with Crippen molar-refractivity contribution in [1.82, 2.24) is 5.43 Å². The normalized spacial score (nSPS) is 10.6. The number of hydrogen-bond donors (Lipinski definition) is 2. The molecule has 7 heteroatoms. The summed E-state index contributed by atoms with van der Waals surface area (Å²) in [5, 5.41) is 7.32. The second-order valence-electron chi connectivity index (χ2n) is 6.40. The molecule has 3 aromatic rings. The number of amides is 1. The van der Waals surface area contributed by atoms with Crippen LogP contribution in [0.15, 0.2) is 77.9 Å². The molecular formula is C23H20ClN3O3. The molecule has 0 fully saturated rings. The maximum Gasteiger partial charge on any atom is 0.345 e. The fraction of sp³-hybridized carbons (Fsp3) is 0.0870. The Morgan fingerprint density at radius 1 is 1.03 bits per heavy atom. The third kappa shape index (κ3) is 5.93. The number of benzene rings is 3. The molecule has 0 heterocycles. The van der Waals surface area contributed by atoms with Gasteiger partial charge in [-0.25, -0.2) is 10.2 Å². The van der Waals surface area contributed by atoms with Gasteiger partial charge < -0.3 is 10.1 Å². The number of hydrazone groups is 1. The molecule has 1 amide bonds. The quantitative estimate of drug-likeness (QED) is 0.256. The van der Waals surface area contributed by atoms with Crippen LogP contribution >= 0.6 is 11.6 Å². The molecule has 0 saturated heterocycles. The fourth-order valence-electron chi connectivity index (χ4n) is 2.61. The standard InChI is InChI=1S/C23H20ClN3O3/c1-16-7-2-5-12-21(16)25-15-22(28)27-26-14-17-8-6-9-18(13-17)30-23(29)19-10-3-4-11-20(19)24/h2-14,25H,15H2,1H3,(H,27,28)/b26-14-. The monoisotopic (exact) mass is 421 g/mol. The van der Waals surface area contributed by atoms with Gasteiger partial charge in [0.15, 0.2) is 0 Å². The van der Waals surface area contributed by atoms with Crippen molar-refractivity contribution < 1.29 is 14.3 Å². The first kappa shape index (κ1) is 21.1. The number of halogens is 1. The number of nitrogens with zero attached hydrogens (tertiary/aromatic N) is 1. The molecule has 0 aromatic heterocycles. The van der Waals surface area contributed by atoms with Crippen molar-refractivity contribution in [2.75, 3.05) is 11.9 Å². The summed E-state index contributed by atoms with van der Waals surface area (Å²) in [5.74, 6) is -0.488. The first-order chi connectivity index (χ1) is 14.5. The molecule has 3 rings (SSSR count). The Bertz CT molecular complexity index is 1080. The predicted octanol–water partition coefficient (Wildman–Crippen LogP) is 4.43. The van der Waals surface area contributed by atoms with E-state index in [2.05, 4.69) is 15.8 Å². The Hall–Kier alpha value is -3.64. The topological polar surface area (TPSA) is 79.8 Å². The Morgan fingerprint density at radius 3 is 2.60 bits per heavy atom. The van der Waals surface area contributed by atoms with E-state index >= 15 is 0 Å². The van der Waals surface area contributed by atoms with Gasteiger partial charge in [0.1, 0.15) is 5.75 Å². The van der Waals surface area contributed by atoms with Crippen molar-refractivity contribution >= 4 is 35.4 Å². The summed E-state index contributed by atoms with van der Waals surface area (Å²) in [6, 6.07) is 21.1. The van der Waals surface area contributed by atoms with Crippen LogP contribution in [0.2, 0.25) is 5.02 Å². The van der Waals surface area contributed by atoms with E-state index in [0.717, 1.165) is 11.3 Å². The van der Waals surface area contributed by atoms with E-state index in [1.54, 1.807) is 48.5 Å². The lowest BCUT2D eigenvalue weighted by Crippen LogP contribution is -2.26. The number of carbonyl (C=O) groups excluding carboxylic acids is 2. The molecule has 0 unspecified atom stereocenters. The number of nitrogens with one attached hydrogen (secondary N) is 2. The molecule has 0 saturated carbocycles. The van der Waals surface area contributed by atoms with Crippen molar-refractivity contribution in [1.29, 1.82) is 0 Å². The van der Waals surface area contributed by atoms with Crippen molar-refractivity contribution in [3.63, 3.8) is 0 Å². The number of aryl methyl sites for hydroxylation is 1. The average molecular weight is 422 g/mol. The van der Waals surface area contributed by atoms with Crippen LogP contribution in [-0.2, 0) is 4.79 Å². The molecular weight excluding hydrogens is 402 g/mol. The lowest BCUT2D eigenvalue weighted by Gasteiger charge is -2.08. The molecule has 0 atom stereocenters. The minimum atomic E-state index is -0.551. The van der Waals surface area contributed by atoms with E-state index in [4.69, 9.17) is 16.3 Å². The summed E-state index contributed by atoms with van der Waals surface area (Å²) in [4.78, 5) is 24.2. The highest BCUT2D eigenvalue weighted by atomic mass is 35.5. The SMILES string of the molecule is Cc1ccccc1NCC(=O)N/N=C\c1cccc(OC(=O)c2ccccc2Cl)c1. The predicted molar refractivity (Wildman–Crippen MR) is 118 cm³/mol. The first-order valence-corrected chi connectivity index (χ1v) is 9.59. The van der Waals surface area contributed by atoms with Gasteiger partial charge in [-0.3, -0.25) is 4.79 Å². The number of para-hydroxylation sites is 1. The third-order valence-corrected chi connectivity index (χ3v) is 4.48. The molecule has 0 aliphatic heterocycles. The van der Waals surface area contributed by atoms with Gasteiger partial charge in [0.2, 0.25) is 0 Å². The van der Waals surface area contributed by atoms with Crippen LogP contribution in [0, 0.1) is 6.92 Å². The maximum absolute atomic E-state index is 12.3. The lowest BCUT2D eigenvalue weighted by molar-refractivity contribution is -0.119. The van der Waals surface area contributed by atoms with E-state index in [1.807, 2.05) is 31.2 Å².